The lowest BCUT2D eigenvalue weighted by atomic mass is 10.1. The Balaban J connectivity index is 1.27. The number of likely N-dealkylation sites (N-methyl/N-ethyl adjacent to an activating group) is 1. The van der Waals surface area contributed by atoms with Crippen LogP contribution in [0.4, 0.5) is 31.9 Å². The van der Waals surface area contributed by atoms with E-state index in [1.54, 1.807) is 6.07 Å². The van der Waals surface area contributed by atoms with Gasteiger partial charge in [-0.05, 0) is 55.1 Å². The molecule has 9 heteroatoms. The van der Waals surface area contributed by atoms with E-state index < -0.39 is 17.9 Å². The maximum absolute atomic E-state index is 14.1. The molecular weight excluding hydrogens is 471 g/mol. The van der Waals surface area contributed by atoms with Gasteiger partial charge >= 0.3 is 6.03 Å². The van der Waals surface area contributed by atoms with Crippen molar-refractivity contribution in [1.82, 2.24) is 10.2 Å². The molecule has 0 saturated carbocycles. The molecule has 0 unspecified atom stereocenters. The zero-order chi connectivity index (χ0) is 25.8. The molecule has 0 spiro atoms. The number of fused-ring (bicyclic) bond motifs is 1. The molecule has 2 heterocycles. The normalized spacial score (nSPS) is 18.0. The molecule has 1 saturated heterocycles. The van der Waals surface area contributed by atoms with Crippen molar-refractivity contribution in [3.05, 3.63) is 84.2 Å². The van der Waals surface area contributed by atoms with Crippen molar-refractivity contribution < 1.29 is 14.0 Å². The lowest BCUT2D eigenvalue weighted by molar-refractivity contribution is -0.120. The monoisotopic (exact) mass is 502 g/mol. The molecule has 2 aliphatic rings. The number of urea groups is 1. The van der Waals surface area contributed by atoms with Gasteiger partial charge in [0.25, 0.3) is 5.91 Å². The second-order valence-electron chi connectivity index (χ2n) is 9.44. The summed E-state index contributed by atoms with van der Waals surface area (Å²) < 4.78 is 14.1. The highest BCUT2D eigenvalue weighted by Crippen LogP contribution is 2.31. The molecule has 2 aliphatic heterocycles. The molecule has 8 nitrogen and oxygen atoms in total. The summed E-state index contributed by atoms with van der Waals surface area (Å²) >= 11 is 0. The van der Waals surface area contributed by atoms with Gasteiger partial charge < -0.3 is 30.7 Å². The first-order chi connectivity index (χ1) is 18.0. The summed E-state index contributed by atoms with van der Waals surface area (Å²) in [5.41, 5.74) is 3.73. The molecule has 3 aromatic rings. The third-order valence-corrected chi connectivity index (χ3v) is 6.79. The number of anilines is 4. The highest BCUT2D eigenvalue weighted by atomic mass is 19.1. The third kappa shape index (κ3) is 5.83. The SMILES string of the molecule is CN1CCN(c2ccc(NC(=O)N[C@H]3CNc4ccc(F)cc4N(Cc4ccccc4)C3=O)cc2)CC1. The van der Waals surface area contributed by atoms with E-state index in [1.807, 2.05) is 54.6 Å². The van der Waals surface area contributed by atoms with Crippen LogP contribution in [0, 0.1) is 5.82 Å². The number of piperazine rings is 1. The van der Waals surface area contributed by atoms with Gasteiger partial charge in [0.2, 0.25) is 0 Å². The Kier molecular flexibility index (Phi) is 7.23. The van der Waals surface area contributed by atoms with Crippen molar-refractivity contribution in [2.45, 2.75) is 12.6 Å². The summed E-state index contributed by atoms with van der Waals surface area (Å²) in [6, 6.07) is 20.2. The number of carbonyl (C=O) groups excluding carboxylic acids is 2. The van der Waals surface area contributed by atoms with Crippen LogP contribution in [0.15, 0.2) is 72.8 Å². The smallest absolute Gasteiger partial charge is 0.319 e. The second-order valence-corrected chi connectivity index (χ2v) is 9.44. The van der Waals surface area contributed by atoms with E-state index in [0.717, 1.165) is 37.4 Å². The van der Waals surface area contributed by atoms with Gasteiger partial charge in [-0.3, -0.25) is 4.79 Å². The maximum atomic E-state index is 14.1. The van der Waals surface area contributed by atoms with Gasteiger partial charge in [-0.15, -0.1) is 0 Å². The van der Waals surface area contributed by atoms with E-state index in [9.17, 15) is 14.0 Å². The van der Waals surface area contributed by atoms with E-state index in [1.165, 1.54) is 17.0 Å². The number of nitrogens with one attached hydrogen (secondary N) is 3. The van der Waals surface area contributed by atoms with E-state index in [0.29, 0.717) is 17.1 Å². The van der Waals surface area contributed by atoms with Crippen molar-refractivity contribution in [3.8, 4) is 0 Å². The van der Waals surface area contributed by atoms with Crippen LogP contribution in [-0.4, -0.2) is 62.7 Å². The fourth-order valence-corrected chi connectivity index (χ4v) is 4.67. The second kappa shape index (κ2) is 10.9. The van der Waals surface area contributed by atoms with Gasteiger partial charge in [0, 0.05) is 44.1 Å². The molecule has 3 N–H and O–H groups in total. The lowest BCUT2D eigenvalue weighted by Gasteiger charge is -2.34. The van der Waals surface area contributed by atoms with Crippen LogP contribution >= 0.6 is 0 Å². The van der Waals surface area contributed by atoms with Crippen molar-refractivity contribution >= 4 is 34.7 Å². The Morgan fingerprint density at radius 3 is 2.46 bits per heavy atom. The maximum Gasteiger partial charge on any atom is 0.319 e. The van der Waals surface area contributed by atoms with E-state index in [2.05, 4.69) is 32.8 Å². The largest absolute Gasteiger partial charge is 0.381 e. The molecule has 5 rings (SSSR count). The van der Waals surface area contributed by atoms with Crippen molar-refractivity contribution in [2.75, 3.05) is 60.2 Å². The molecule has 0 aliphatic carbocycles. The minimum atomic E-state index is -0.844. The first kappa shape index (κ1) is 24.6. The van der Waals surface area contributed by atoms with Crippen LogP contribution in [0.25, 0.3) is 0 Å². The Bertz CT molecular complexity index is 1250. The molecule has 0 radical (unpaired) electrons. The van der Waals surface area contributed by atoms with Crippen LogP contribution in [0.5, 0.6) is 0 Å². The van der Waals surface area contributed by atoms with Gasteiger partial charge in [-0.2, -0.15) is 0 Å². The summed E-state index contributed by atoms with van der Waals surface area (Å²) in [6.45, 7) is 4.40. The van der Waals surface area contributed by atoms with E-state index in [-0.39, 0.29) is 19.0 Å². The number of amides is 3. The average Bonchev–Trinajstić information content (AvgIpc) is 3.02. The Morgan fingerprint density at radius 2 is 1.73 bits per heavy atom. The predicted octanol–water partition coefficient (Wildman–Crippen LogP) is 3.73. The fourth-order valence-electron chi connectivity index (χ4n) is 4.67. The first-order valence-electron chi connectivity index (χ1n) is 12.5. The van der Waals surface area contributed by atoms with Crippen LogP contribution < -0.4 is 25.8 Å². The number of nitrogens with zero attached hydrogens (tertiary/aromatic N) is 3. The summed E-state index contributed by atoms with van der Waals surface area (Å²) in [7, 11) is 2.12. The molecule has 0 bridgehead atoms. The van der Waals surface area contributed by atoms with E-state index >= 15 is 0 Å². The molecule has 3 amide bonds. The molecule has 37 heavy (non-hydrogen) atoms. The van der Waals surface area contributed by atoms with E-state index in [4.69, 9.17) is 0 Å². The molecule has 1 fully saturated rings. The van der Waals surface area contributed by atoms with Gasteiger partial charge in [-0.1, -0.05) is 30.3 Å². The average molecular weight is 503 g/mol. The summed E-state index contributed by atoms with van der Waals surface area (Å²) in [6.07, 6.45) is 0. The van der Waals surface area contributed by atoms with Crippen LogP contribution in [0.1, 0.15) is 5.56 Å². The third-order valence-electron chi connectivity index (χ3n) is 6.79. The first-order valence-corrected chi connectivity index (χ1v) is 12.5. The van der Waals surface area contributed by atoms with Gasteiger partial charge in [0.15, 0.2) is 0 Å². The van der Waals surface area contributed by atoms with Crippen LogP contribution in [0.3, 0.4) is 0 Å². The summed E-state index contributed by atoms with van der Waals surface area (Å²) in [5.74, 6) is -0.753. The fraction of sp³-hybridized carbons (Fsp3) is 0.286. The number of rotatable bonds is 5. The van der Waals surface area contributed by atoms with Crippen LogP contribution in [-0.2, 0) is 11.3 Å². The molecular formula is C28H31FN6O2. The summed E-state index contributed by atoms with van der Waals surface area (Å²) in [4.78, 5) is 32.6. The topological polar surface area (TPSA) is 80.0 Å². The Labute approximate surface area is 216 Å². The standard InChI is InChI=1S/C28H31FN6O2/c1-33-13-15-34(16-14-33)23-10-8-22(9-11-23)31-28(37)32-25-18-30-24-12-7-21(29)17-26(24)35(27(25)36)19-20-5-3-2-4-6-20/h2-12,17,25,30H,13-16,18-19H2,1H3,(H2,31,32,37)/t25-/m0/s1. The number of hydrogen-bond donors (Lipinski definition) is 3. The highest BCUT2D eigenvalue weighted by molar-refractivity contribution is 6.04. The van der Waals surface area contributed by atoms with Gasteiger partial charge in [0.05, 0.1) is 17.9 Å². The van der Waals surface area contributed by atoms with Crippen molar-refractivity contribution in [2.24, 2.45) is 0 Å². The summed E-state index contributed by atoms with van der Waals surface area (Å²) in [5, 5.41) is 8.80. The van der Waals surface area contributed by atoms with Crippen molar-refractivity contribution in [1.29, 1.82) is 0 Å². The predicted molar refractivity (Wildman–Crippen MR) is 145 cm³/mol. The van der Waals surface area contributed by atoms with Gasteiger partial charge in [-0.25, -0.2) is 9.18 Å². The molecule has 0 aromatic heterocycles. The highest BCUT2D eigenvalue weighted by Gasteiger charge is 2.32. The van der Waals surface area contributed by atoms with Crippen LogP contribution in [0.2, 0.25) is 0 Å². The Hall–Kier alpha value is -4.11. The Morgan fingerprint density at radius 1 is 1.00 bits per heavy atom. The lowest BCUT2D eigenvalue weighted by Crippen LogP contribution is -2.51. The molecule has 192 valence electrons. The minimum Gasteiger partial charge on any atom is -0.381 e. The minimum absolute atomic E-state index is 0.179. The van der Waals surface area contributed by atoms with Gasteiger partial charge in [0.1, 0.15) is 11.9 Å². The number of carbonyl (C=O) groups is 2. The molecule has 1 atom stereocenters. The zero-order valence-electron chi connectivity index (χ0n) is 20.8. The zero-order valence-corrected chi connectivity index (χ0v) is 20.8. The number of benzene rings is 3. The number of halogens is 1. The quantitative estimate of drug-likeness (QED) is 0.496. The van der Waals surface area contributed by atoms with Crippen molar-refractivity contribution in [3.63, 3.8) is 0 Å². The number of hydrogen-bond acceptors (Lipinski definition) is 5. The molecule has 3 aromatic carbocycles.